The van der Waals surface area contributed by atoms with E-state index in [9.17, 15) is 4.79 Å². The van der Waals surface area contributed by atoms with Crippen LogP contribution in [0.15, 0.2) is 12.3 Å². The molecule has 2 aromatic rings. The van der Waals surface area contributed by atoms with E-state index in [0.29, 0.717) is 12.1 Å². The number of hydrogen-bond donors (Lipinski definition) is 1. The van der Waals surface area contributed by atoms with Crippen molar-refractivity contribution < 1.29 is 4.79 Å². The van der Waals surface area contributed by atoms with Crippen molar-refractivity contribution in [2.24, 2.45) is 0 Å². The molecule has 0 spiro atoms. The lowest BCUT2D eigenvalue weighted by Crippen LogP contribution is -2.41. The van der Waals surface area contributed by atoms with E-state index in [-0.39, 0.29) is 11.9 Å². The van der Waals surface area contributed by atoms with Crippen LogP contribution in [-0.4, -0.2) is 43.9 Å². The van der Waals surface area contributed by atoms with Crippen molar-refractivity contribution in [1.29, 1.82) is 0 Å². The second-order valence-corrected chi connectivity index (χ2v) is 5.83. The molecule has 0 saturated carbocycles. The number of likely N-dealkylation sites (tertiary alicyclic amines) is 1. The molecule has 3 heterocycles. The lowest BCUT2D eigenvalue weighted by molar-refractivity contribution is 0.0671. The fourth-order valence-corrected chi connectivity index (χ4v) is 3.09. The van der Waals surface area contributed by atoms with Crippen LogP contribution in [-0.2, 0) is 0 Å². The van der Waals surface area contributed by atoms with Gasteiger partial charge in [-0.25, -0.2) is 0 Å². The molecule has 1 saturated heterocycles. The molecular formula is C15H21N5O. The summed E-state index contributed by atoms with van der Waals surface area (Å²) in [7, 11) is 0. The minimum Gasteiger partial charge on any atom is -0.336 e. The zero-order valence-corrected chi connectivity index (χ0v) is 12.8. The topological polar surface area (TPSA) is 66.8 Å². The number of aromatic amines is 1. The second kappa shape index (κ2) is 5.35. The van der Waals surface area contributed by atoms with Crippen molar-refractivity contribution in [2.75, 3.05) is 13.1 Å². The lowest BCUT2D eigenvalue weighted by atomic mass is 10.0. The highest BCUT2D eigenvalue weighted by Crippen LogP contribution is 2.24. The average molecular weight is 287 g/mol. The Morgan fingerprint density at radius 1 is 1.38 bits per heavy atom. The van der Waals surface area contributed by atoms with E-state index in [1.165, 1.54) is 0 Å². The Labute approximate surface area is 124 Å². The molecule has 6 heteroatoms. The molecule has 0 bridgehead atoms. The number of rotatable bonds is 2. The molecule has 1 amide bonds. The Morgan fingerprint density at radius 3 is 2.81 bits per heavy atom. The maximum Gasteiger partial charge on any atom is 0.257 e. The maximum absolute atomic E-state index is 12.6. The molecule has 0 aliphatic carbocycles. The molecule has 1 aliphatic rings. The van der Waals surface area contributed by atoms with Crippen LogP contribution in [0.5, 0.6) is 0 Å². The van der Waals surface area contributed by atoms with Crippen LogP contribution >= 0.6 is 0 Å². The standard InChI is InChI=1S/C15H21N5O/c1-10-7-11(2)20(18-10)13-5-4-6-19(9-13)15(21)14-8-16-17-12(14)3/h7-8,13H,4-6,9H2,1-3H3,(H,16,17). The van der Waals surface area contributed by atoms with Gasteiger partial charge in [0.15, 0.2) is 0 Å². The van der Waals surface area contributed by atoms with Gasteiger partial charge in [-0.1, -0.05) is 0 Å². The van der Waals surface area contributed by atoms with Crippen LogP contribution in [0.25, 0.3) is 0 Å². The third-order valence-corrected chi connectivity index (χ3v) is 4.13. The Balaban J connectivity index is 1.79. The minimum absolute atomic E-state index is 0.0625. The zero-order valence-electron chi connectivity index (χ0n) is 12.8. The van der Waals surface area contributed by atoms with E-state index in [4.69, 9.17) is 0 Å². The van der Waals surface area contributed by atoms with Crippen molar-refractivity contribution >= 4 is 5.91 Å². The monoisotopic (exact) mass is 287 g/mol. The highest BCUT2D eigenvalue weighted by molar-refractivity contribution is 5.95. The van der Waals surface area contributed by atoms with E-state index in [2.05, 4.69) is 33.0 Å². The van der Waals surface area contributed by atoms with Gasteiger partial charge < -0.3 is 4.90 Å². The Bertz CT molecular complexity index is 657. The van der Waals surface area contributed by atoms with Crippen LogP contribution in [0.3, 0.4) is 0 Å². The summed E-state index contributed by atoms with van der Waals surface area (Å²) < 4.78 is 2.07. The summed E-state index contributed by atoms with van der Waals surface area (Å²) in [6.07, 6.45) is 3.69. The molecule has 2 aromatic heterocycles. The Hall–Kier alpha value is -2.11. The van der Waals surface area contributed by atoms with Crippen molar-refractivity contribution in [3.8, 4) is 0 Å². The Morgan fingerprint density at radius 2 is 2.19 bits per heavy atom. The SMILES string of the molecule is Cc1cc(C)n(C2CCCN(C(=O)c3cn[nH]c3C)C2)n1. The number of hydrogen-bond acceptors (Lipinski definition) is 3. The molecule has 1 aliphatic heterocycles. The number of aromatic nitrogens is 4. The van der Waals surface area contributed by atoms with Gasteiger partial charge in [-0.2, -0.15) is 10.2 Å². The highest BCUT2D eigenvalue weighted by Gasteiger charge is 2.27. The number of amides is 1. The summed E-state index contributed by atoms with van der Waals surface area (Å²) in [6.45, 7) is 7.47. The summed E-state index contributed by atoms with van der Waals surface area (Å²) in [6, 6.07) is 2.35. The number of aryl methyl sites for hydroxylation is 3. The van der Waals surface area contributed by atoms with Gasteiger partial charge in [-0.05, 0) is 39.7 Å². The van der Waals surface area contributed by atoms with Gasteiger partial charge >= 0.3 is 0 Å². The molecule has 0 aromatic carbocycles. The second-order valence-electron chi connectivity index (χ2n) is 5.83. The van der Waals surface area contributed by atoms with E-state index in [1.807, 2.05) is 18.7 Å². The van der Waals surface area contributed by atoms with Crippen molar-refractivity contribution in [1.82, 2.24) is 24.9 Å². The number of nitrogens with one attached hydrogen (secondary N) is 1. The van der Waals surface area contributed by atoms with E-state index in [1.54, 1.807) is 6.20 Å². The molecule has 1 unspecified atom stereocenters. The first-order chi connectivity index (χ1) is 10.1. The largest absolute Gasteiger partial charge is 0.336 e. The molecule has 3 rings (SSSR count). The predicted octanol–water partition coefficient (Wildman–Crippen LogP) is 2.01. The molecule has 112 valence electrons. The summed E-state index contributed by atoms with van der Waals surface area (Å²) in [5, 5.41) is 11.3. The first kappa shape index (κ1) is 13.9. The third kappa shape index (κ3) is 2.57. The van der Waals surface area contributed by atoms with Gasteiger partial charge in [0.1, 0.15) is 0 Å². The molecule has 1 N–H and O–H groups in total. The summed E-state index contributed by atoms with van der Waals surface area (Å²) in [5.74, 6) is 0.0625. The summed E-state index contributed by atoms with van der Waals surface area (Å²) in [4.78, 5) is 14.5. The molecule has 1 atom stereocenters. The average Bonchev–Trinajstić information content (AvgIpc) is 3.03. The van der Waals surface area contributed by atoms with Gasteiger partial charge in [0, 0.05) is 24.5 Å². The minimum atomic E-state index is 0.0625. The molecule has 1 fully saturated rings. The first-order valence-corrected chi connectivity index (χ1v) is 7.38. The maximum atomic E-state index is 12.6. The van der Waals surface area contributed by atoms with Gasteiger partial charge in [0.25, 0.3) is 5.91 Å². The smallest absolute Gasteiger partial charge is 0.257 e. The third-order valence-electron chi connectivity index (χ3n) is 4.13. The van der Waals surface area contributed by atoms with Crippen LogP contribution in [0.2, 0.25) is 0 Å². The van der Waals surface area contributed by atoms with E-state index < -0.39 is 0 Å². The fourth-order valence-electron chi connectivity index (χ4n) is 3.09. The van der Waals surface area contributed by atoms with Gasteiger partial charge in [-0.3, -0.25) is 14.6 Å². The molecule has 6 nitrogen and oxygen atoms in total. The van der Waals surface area contributed by atoms with Crippen LogP contribution in [0.4, 0.5) is 0 Å². The van der Waals surface area contributed by atoms with Crippen molar-refractivity contribution in [3.63, 3.8) is 0 Å². The number of carbonyl (C=O) groups excluding carboxylic acids is 1. The normalized spacial score (nSPS) is 19.0. The zero-order chi connectivity index (χ0) is 15.0. The molecular weight excluding hydrogens is 266 g/mol. The quantitative estimate of drug-likeness (QED) is 0.918. The Kier molecular flexibility index (Phi) is 3.53. The highest BCUT2D eigenvalue weighted by atomic mass is 16.2. The number of nitrogens with zero attached hydrogens (tertiary/aromatic N) is 4. The number of H-pyrrole nitrogens is 1. The van der Waals surface area contributed by atoms with Gasteiger partial charge in [0.2, 0.25) is 0 Å². The first-order valence-electron chi connectivity index (χ1n) is 7.38. The lowest BCUT2D eigenvalue weighted by Gasteiger charge is -2.33. The number of piperidine rings is 1. The summed E-state index contributed by atoms with van der Waals surface area (Å²) >= 11 is 0. The van der Waals surface area contributed by atoms with Crippen LogP contribution in [0, 0.1) is 20.8 Å². The predicted molar refractivity (Wildman–Crippen MR) is 79.2 cm³/mol. The van der Waals surface area contributed by atoms with Gasteiger partial charge in [-0.15, -0.1) is 0 Å². The molecule has 0 radical (unpaired) electrons. The fraction of sp³-hybridized carbons (Fsp3) is 0.533. The van der Waals surface area contributed by atoms with E-state index in [0.717, 1.165) is 36.5 Å². The van der Waals surface area contributed by atoms with Crippen molar-refractivity contribution in [2.45, 2.75) is 39.7 Å². The van der Waals surface area contributed by atoms with Crippen LogP contribution < -0.4 is 0 Å². The van der Waals surface area contributed by atoms with Crippen molar-refractivity contribution in [3.05, 3.63) is 34.9 Å². The van der Waals surface area contributed by atoms with Crippen LogP contribution in [0.1, 0.15) is 46.3 Å². The van der Waals surface area contributed by atoms with E-state index >= 15 is 0 Å². The summed E-state index contributed by atoms with van der Waals surface area (Å²) in [5.41, 5.74) is 3.69. The number of carbonyl (C=O) groups is 1. The van der Waals surface area contributed by atoms with Gasteiger partial charge in [0.05, 0.1) is 23.5 Å². The molecule has 21 heavy (non-hydrogen) atoms.